The van der Waals surface area contributed by atoms with Crippen molar-refractivity contribution in [3.05, 3.63) is 65.2 Å². The summed E-state index contributed by atoms with van der Waals surface area (Å²) in [6, 6.07) is 14.0. The molecule has 186 valence electrons. The monoisotopic (exact) mass is 487 g/mol. The minimum atomic E-state index is -3.73. The van der Waals surface area contributed by atoms with Crippen LogP contribution in [0.4, 0.5) is 5.69 Å². The minimum Gasteiger partial charge on any atom is -0.354 e. The maximum Gasteiger partial charge on any atom is 0.244 e. The number of sulfonamides is 1. The summed E-state index contributed by atoms with van der Waals surface area (Å²) >= 11 is 0. The molecule has 1 atom stereocenters. The summed E-state index contributed by atoms with van der Waals surface area (Å²) < 4.78 is 26.4. The average Bonchev–Trinajstić information content (AvgIpc) is 2.79. The van der Waals surface area contributed by atoms with Crippen molar-refractivity contribution in [2.75, 3.05) is 23.7 Å². The largest absolute Gasteiger partial charge is 0.354 e. The van der Waals surface area contributed by atoms with Crippen LogP contribution in [0.1, 0.15) is 49.8 Å². The number of nitrogens with zero attached hydrogens (tertiary/aromatic N) is 2. The van der Waals surface area contributed by atoms with E-state index in [0.29, 0.717) is 18.7 Å². The maximum absolute atomic E-state index is 13.6. The van der Waals surface area contributed by atoms with Crippen molar-refractivity contribution in [3.8, 4) is 0 Å². The molecule has 1 N–H and O–H groups in total. The third kappa shape index (κ3) is 7.58. The number of aryl methyl sites for hydroxylation is 2. The van der Waals surface area contributed by atoms with Crippen molar-refractivity contribution in [2.24, 2.45) is 0 Å². The van der Waals surface area contributed by atoms with E-state index in [9.17, 15) is 18.0 Å². The quantitative estimate of drug-likeness (QED) is 0.462. The van der Waals surface area contributed by atoms with Crippen LogP contribution in [0, 0.1) is 13.8 Å². The fourth-order valence-corrected chi connectivity index (χ4v) is 4.54. The zero-order valence-electron chi connectivity index (χ0n) is 20.9. The van der Waals surface area contributed by atoms with Crippen LogP contribution in [0.5, 0.6) is 0 Å². The lowest BCUT2D eigenvalue weighted by Gasteiger charge is -2.33. The number of amides is 2. The molecule has 0 radical (unpaired) electrons. The van der Waals surface area contributed by atoms with Crippen molar-refractivity contribution in [2.45, 2.75) is 59.5 Å². The van der Waals surface area contributed by atoms with Gasteiger partial charge in [-0.2, -0.15) is 0 Å². The number of rotatable bonds is 12. The summed E-state index contributed by atoms with van der Waals surface area (Å²) in [5, 5.41) is 2.92. The Labute approximate surface area is 204 Å². The first-order valence-electron chi connectivity index (χ1n) is 11.7. The fourth-order valence-electron chi connectivity index (χ4n) is 3.70. The minimum absolute atomic E-state index is 0.212. The Morgan fingerprint density at radius 3 is 2.24 bits per heavy atom. The molecule has 8 heteroatoms. The summed E-state index contributed by atoms with van der Waals surface area (Å²) in [6.07, 6.45) is 3.30. The van der Waals surface area contributed by atoms with Gasteiger partial charge >= 0.3 is 0 Å². The Kier molecular flexibility index (Phi) is 10.1. The first kappa shape index (κ1) is 27.4. The Bertz CT molecular complexity index is 1070. The smallest absolute Gasteiger partial charge is 0.244 e. The van der Waals surface area contributed by atoms with Gasteiger partial charge < -0.3 is 10.2 Å². The molecule has 0 fully saturated rings. The standard InChI is InChI=1S/C26H37N3O4S/c1-6-8-16-27-26(31)24(7-2)28(18-22-12-10-9-11-13-22)25(30)19-29(34(5,32)33)23-15-14-20(3)21(4)17-23/h9-15,17,24H,6-8,16,18-19H2,1-5H3,(H,27,31)/t24-/m1/s1. The van der Waals surface area contributed by atoms with Crippen molar-refractivity contribution < 1.29 is 18.0 Å². The third-order valence-electron chi connectivity index (χ3n) is 5.87. The van der Waals surface area contributed by atoms with Crippen LogP contribution >= 0.6 is 0 Å². The van der Waals surface area contributed by atoms with Crippen LogP contribution in [0.15, 0.2) is 48.5 Å². The van der Waals surface area contributed by atoms with Gasteiger partial charge in [-0.15, -0.1) is 0 Å². The zero-order chi connectivity index (χ0) is 25.3. The molecule has 0 spiro atoms. The second-order valence-corrected chi connectivity index (χ2v) is 10.5. The Morgan fingerprint density at radius 1 is 1.00 bits per heavy atom. The van der Waals surface area contributed by atoms with E-state index < -0.39 is 22.0 Å². The van der Waals surface area contributed by atoms with Crippen LogP contribution in [0.3, 0.4) is 0 Å². The van der Waals surface area contributed by atoms with E-state index in [0.717, 1.165) is 40.1 Å². The Morgan fingerprint density at radius 2 is 1.68 bits per heavy atom. The summed E-state index contributed by atoms with van der Waals surface area (Å²) in [6.45, 7) is 8.11. The molecule has 0 aromatic heterocycles. The van der Waals surface area contributed by atoms with Crippen molar-refractivity contribution in [1.29, 1.82) is 0 Å². The van der Waals surface area contributed by atoms with E-state index >= 15 is 0 Å². The van der Waals surface area contributed by atoms with Crippen molar-refractivity contribution >= 4 is 27.5 Å². The van der Waals surface area contributed by atoms with Gasteiger partial charge in [-0.3, -0.25) is 13.9 Å². The Balaban J connectivity index is 2.39. The molecule has 0 aliphatic rings. The summed E-state index contributed by atoms with van der Waals surface area (Å²) in [4.78, 5) is 28.1. The van der Waals surface area contributed by atoms with Gasteiger partial charge in [0.05, 0.1) is 11.9 Å². The SMILES string of the molecule is CCCCNC(=O)[C@@H](CC)N(Cc1ccccc1)C(=O)CN(c1ccc(C)c(C)c1)S(C)(=O)=O. The molecule has 2 aromatic carbocycles. The van der Waals surface area contributed by atoms with E-state index in [4.69, 9.17) is 0 Å². The second-order valence-electron chi connectivity index (χ2n) is 8.61. The van der Waals surface area contributed by atoms with Crippen molar-refractivity contribution in [3.63, 3.8) is 0 Å². The fraction of sp³-hybridized carbons (Fsp3) is 0.462. The number of anilines is 1. The molecule has 7 nitrogen and oxygen atoms in total. The number of hydrogen-bond acceptors (Lipinski definition) is 4. The molecule has 0 aliphatic heterocycles. The van der Waals surface area contributed by atoms with Gasteiger partial charge in [0.2, 0.25) is 21.8 Å². The van der Waals surface area contributed by atoms with Crippen LogP contribution in [-0.2, 0) is 26.2 Å². The highest BCUT2D eigenvalue weighted by molar-refractivity contribution is 7.92. The van der Waals surface area contributed by atoms with Crippen LogP contribution in [0.2, 0.25) is 0 Å². The zero-order valence-corrected chi connectivity index (χ0v) is 21.7. The highest BCUT2D eigenvalue weighted by Crippen LogP contribution is 2.22. The molecule has 0 aliphatic carbocycles. The number of carbonyl (C=O) groups excluding carboxylic acids is 2. The topological polar surface area (TPSA) is 86.8 Å². The number of carbonyl (C=O) groups is 2. The molecule has 2 aromatic rings. The van der Waals surface area contributed by atoms with E-state index in [1.165, 1.54) is 4.90 Å². The summed E-state index contributed by atoms with van der Waals surface area (Å²) in [5.41, 5.74) is 3.26. The molecular formula is C26H37N3O4S. The molecule has 0 saturated carbocycles. The maximum atomic E-state index is 13.6. The van der Waals surface area contributed by atoms with Gasteiger partial charge in [0.25, 0.3) is 0 Å². The predicted octanol–water partition coefficient (Wildman–Crippen LogP) is 3.79. The second kappa shape index (κ2) is 12.6. The predicted molar refractivity (Wildman–Crippen MR) is 137 cm³/mol. The van der Waals surface area contributed by atoms with E-state index in [1.807, 2.05) is 64.1 Å². The number of benzene rings is 2. The summed E-state index contributed by atoms with van der Waals surface area (Å²) in [7, 11) is -3.73. The number of nitrogens with one attached hydrogen (secondary N) is 1. The highest BCUT2D eigenvalue weighted by atomic mass is 32.2. The molecular weight excluding hydrogens is 450 g/mol. The lowest BCUT2D eigenvalue weighted by molar-refractivity contribution is -0.140. The van der Waals surface area contributed by atoms with Gasteiger partial charge in [0.1, 0.15) is 12.6 Å². The van der Waals surface area contributed by atoms with E-state index in [2.05, 4.69) is 5.32 Å². The highest BCUT2D eigenvalue weighted by Gasteiger charge is 2.31. The lowest BCUT2D eigenvalue weighted by Crippen LogP contribution is -2.52. The van der Waals surface area contributed by atoms with E-state index in [-0.39, 0.29) is 19.0 Å². The van der Waals surface area contributed by atoms with Crippen LogP contribution in [0.25, 0.3) is 0 Å². The lowest BCUT2D eigenvalue weighted by atomic mass is 10.1. The van der Waals surface area contributed by atoms with Crippen molar-refractivity contribution in [1.82, 2.24) is 10.2 Å². The normalized spacial score (nSPS) is 12.1. The number of hydrogen-bond donors (Lipinski definition) is 1. The molecule has 2 amide bonds. The number of unbranched alkanes of at least 4 members (excludes halogenated alkanes) is 1. The van der Waals surface area contributed by atoms with Gasteiger partial charge in [-0.25, -0.2) is 8.42 Å². The Hall–Kier alpha value is -2.87. The van der Waals surface area contributed by atoms with Gasteiger partial charge in [-0.05, 0) is 55.5 Å². The molecule has 0 bridgehead atoms. The first-order chi connectivity index (χ1) is 16.1. The van der Waals surface area contributed by atoms with Crippen LogP contribution in [-0.4, -0.2) is 50.5 Å². The van der Waals surface area contributed by atoms with E-state index in [1.54, 1.807) is 12.1 Å². The summed E-state index contributed by atoms with van der Waals surface area (Å²) in [5.74, 6) is -0.651. The van der Waals surface area contributed by atoms with Crippen LogP contribution < -0.4 is 9.62 Å². The van der Waals surface area contributed by atoms with Gasteiger partial charge in [0, 0.05) is 13.1 Å². The molecule has 0 heterocycles. The van der Waals surface area contributed by atoms with Gasteiger partial charge in [0.15, 0.2) is 0 Å². The first-order valence-corrected chi connectivity index (χ1v) is 13.6. The molecule has 0 unspecified atom stereocenters. The van der Waals surface area contributed by atoms with Gasteiger partial charge in [-0.1, -0.05) is 56.7 Å². The average molecular weight is 488 g/mol. The molecule has 34 heavy (non-hydrogen) atoms. The third-order valence-corrected chi connectivity index (χ3v) is 7.01. The molecule has 2 rings (SSSR count). The molecule has 0 saturated heterocycles.